The molecular weight excluding hydrogens is 344 g/mol. The summed E-state index contributed by atoms with van der Waals surface area (Å²) in [6.45, 7) is 5.64. The zero-order valence-electron chi connectivity index (χ0n) is 16.8. The first-order valence-corrected chi connectivity index (χ1v) is 10.3. The van der Waals surface area contributed by atoms with E-state index in [1.54, 1.807) is 0 Å². The molecule has 0 aliphatic rings. The van der Waals surface area contributed by atoms with E-state index in [2.05, 4.69) is 6.92 Å². The molecule has 5 heteroatoms. The monoisotopic (exact) mass is 380 g/mol. The van der Waals surface area contributed by atoms with Crippen molar-refractivity contribution >= 4 is 5.97 Å². The summed E-state index contributed by atoms with van der Waals surface area (Å²) in [5.74, 6) is -0.124. The molecule has 0 bridgehead atoms. The van der Waals surface area contributed by atoms with Crippen molar-refractivity contribution in [2.24, 2.45) is 0 Å². The molecule has 0 spiro atoms. The van der Waals surface area contributed by atoms with Crippen LogP contribution in [0.5, 0.6) is 0 Å². The quantitative estimate of drug-likeness (QED) is 0.277. The molecule has 0 aliphatic carbocycles. The molecule has 0 heterocycles. The van der Waals surface area contributed by atoms with Crippen LogP contribution in [-0.2, 0) is 30.3 Å². The normalized spacial score (nSPS) is 10.9. The summed E-state index contributed by atoms with van der Waals surface area (Å²) < 4.78 is 21.5. The second kappa shape index (κ2) is 18.0. The maximum atomic E-state index is 11.6. The molecule has 154 valence electrons. The van der Waals surface area contributed by atoms with Crippen molar-refractivity contribution in [1.29, 1.82) is 0 Å². The molecular formula is C22H36O5. The summed E-state index contributed by atoms with van der Waals surface area (Å²) in [4.78, 5) is 11.6. The molecule has 27 heavy (non-hydrogen) atoms. The van der Waals surface area contributed by atoms with Gasteiger partial charge >= 0.3 is 5.97 Å². The predicted molar refractivity (Wildman–Crippen MR) is 107 cm³/mol. The van der Waals surface area contributed by atoms with Crippen molar-refractivity contribution in [2.45, 2.75) is 58.5 Å². The van der Waals surface area contributed by atoms with Gasteiger partial charge in [0.25, 0.3) is 0 Å². The summed E-state index contributed by atoms with van der Waals surface area (Å²) in [5.41, 5.74) is 1.16. The van der Waals surface area contributed by atoms with Crippen LogP contribution in [-0.4, -0.2) is 45.6 Å². The third-order valence-electron chi connectivity index (χ3n) is 4.08. The Labute approximate surface area is 164 Å². The van der Waals surface area contributed by atoms with Crippen LogP contribution in [0.25, 0.3) is 0 Å². The number of esters is 1. The lowest BCUT2D eigenvalue weighted by molar-refractivity contribution is -0.145. The number of rotatable bonds is 18. The smallest absolute Gasteiger partial charge is 0.305 e. The molecule has 0 amide bonds. The van der Waals surface area contributed by atoms with Gasteiger partial charge in [-0.1, -0.05) is 69.4 Å². The molecule has 0 saturated heterocycles. The SMILES string of the molecule is CCCCCCCCC(=O)OCCOCCOCCOCc1ccccc1. The number of unbranched alkanes of at least 4 members (excludes halogenated alkanes) is 5. The molecule has 0 N–H and O–H groups in total. The Morgan fingerprint density at radius 3 is 2.04 bits per heavy atom. The van der Waals surface area contributed by atoms with E-state index >= 15 is 0 Å². The number of hydrogen-bond donors (Lipinski definition) is 0. The van der Waals surface area contributed by atoms with Gasteiger partial charge in [-0.05, 0) is 12.0 Å². The molecule has 0 radical (unpaired) electrons. The van der Waals surface area contributed by atoms with Gasteiger partial charge < -0.3 is 18.9 Å². The van der Waals surface area contributed by atoms with Gasteiger partial charge in [0.15, 0.2) is 0 Å². The number of benzene rings is 1. The second-order valence-electron chi connectivity index (χ2n) is 6.50. The lowest BCUT2D eigenvalue weighted by Crippen LogP contribution is -2.13. The number of ether oxygens (including phenoxy) is 4. The van der Waals surface area contributed by atoms with E-state index in [0.717, 1.165) is 18.4 Å². The van der Waals surface area contributed by atoms with Gasteiger partial charge in [-0.2, -0.15) is 0 Å². The molecule has 0 fully saturated rings. The van der Waals surface area contributed by atoms with Crippen LogP contribution >= 0.6 is 0 Å². The van der Waals surface area contributed by atoms with E-state index in [1.807, 2.05) is 30.3 Å². The van der Waals surface area contributed by atoms with Crippen LogP contribution in [0.3, 0.4) is 0 Å². The van der Waals surface area contributed by atoms with Gasteiger partial charge in [-0.3, -0.25) is 4.79 Å². The highest BCUT2D eigenvalue weighted by molar-refractivity contribution is 5.69. The van der Waals surface area contributed by atoms with Crippen LogP contribution in [0.4, 0.5) is 0 Å². The van der Waals surface area contributed by atoms with Crippen LogP contribution in [0.15, 0.2) is 30.3 Å². The predicted octanol–water partition coefficient (Wildman–Crippen LogP) is 4.53. The Morgan fingerprint density at radius 2 is 1.33 bits per heavy atom. The fourth-order valence-electron chi connectivity index (χ4n) is 2.54. The molecule has 0 saturated carbocycles. The minimum absolute atomic E-state index is 0.124. The maximum absolute atomic E-state index is 11.6. The van der Waals surface area contributed by atoms with Gasteiger partial charge in [0.1, 0.15) is 6.61 Å². The minimum Gasteiger partial charge on any atom is -0.463 e. The van der Waals surface area contributed by atoms with E-state index < -0.39 is 0 Å². The highest BCUT2D eigenvalue weighted by Crippen LogP contribution is 2.07. The summed E-state index contributed by atoms with van der Waals surface area (Å²) >= 11 is 0. The van der Waals surface area contributed by atoms with Crippen molar-refractivity contribution in [2.75, 3.05) is 39.6 Å². The first-order valence-electron chi connectivity index (χ1n) is 10.3. The molecule has 1 aromatic carbocycles. The summed E-state index contributed by atoms with van der Waals surface area (Å²) in [6, 6.07) is 10.1. The Morgan fingerprint density at radius 1 is 0.741 bits per heavy atom. The average molecular weight is 381 g/mol. The molecule has 1 aromatic rings. The third kappa shape index (κ3) is 15.3. The lowest BCUT2D eigenvalue weighted by atomic mass is 10.1. The fourth-order valence-corrected chi connectivity index (χ4v) is 2.54. The van der Waals surface area contributed by atoms with E-state index in [-0.39, 0.29) is 5.97 Å². The van der Waals surface area contributed by atoms with E-state index in [1.165, 1.54) is 25.7 Å². The first-order chi connectivity index (χ1) is 13.3. The fraction of sp³-hybridized carbons (Fsp3) is 0.682. The second-order valence-corrected chi connectivity index (χ2v) is 6.50. The van der Waals surface area contributed by atoms with Crippen molar-refractivity contribution in [1.82, 2.24) is 0 Å². The highest BCUT2D eigenvalue weighted by Gasteiger charge is 2.02. The maximum Gasteiger partial charge on any atom is 0.305 e. The summed E-state index contributed by atoms with van der Waals surface area (Å²) in [5, 5.41) is 0. The van der Waals surface area contributed by atoms with Crippen molar-refractivity contribution in [3.8, 4) is 0 Å². The van der Waals surface area contributed by atoms with Crippen LogP contribution in [0, 0.1) is 0 Å². The Bertz CT molecular complexity index is 449. The molecule has 5 nitrogen and oxygen atoms in total. The minimum atomic E-state index is -0.124. The van der Waals surface area contributed by atoms with Crippen molar-refractivity contribution in [3.63, 3.8) is 0 Å². The number of carbonyl (C=O) groups is 1. The van der Waals surface area contributed by atoms with Crippen LogP contribution in [0.2, 0.25) is 0 Å². The number of carbonyl (C=O) groups excluding carboxylic acids is 1. The first kappa shape index (κ1) is 23.6. The van der Waals surface area contributed by atoms with Crippen LogP contribution < -0.4 is 0 Å². The molecule has 0 aromatic heterocycles. The average Bonchev–Trinajstić information content (AvgIpc) is 2.69. The van der Waals surface area contributed by atoms with Crippen LogP contribution in [0.1, 0.15) is 57.4 Å². The van der Waals surface area contributed by atoms with Gasteiger partial charge in [-0.15, -0.1) is 0 Å². The molecule has 0 atom stereocenters. The van der Waals surface area contributed by atoms with Gasteiger partial charge in [0.05, 0.1) is 39.6 Å². The third-order valence-corrected chi connectivity index (χ3v) is 4.08. The number of hydrogen-bond acceptors (Lipinski definition) is 5. The van der Waals surface area contributed by atoms with E-state index in [4.69, 9.17) is 18.9 Å². The zero-order valence-corrected chi connectivity index (χ0v) is 16.8. The van der Waals surface area contributed by atoms with Crippen molar-refractivity contribution < 1.29 is 23.7 Å². The van der Waals surface area contributed by atoms with Crippen molar-refractivity contribution in [3.05, 3.63) is 35.9 Å². The summed E-state index contributed by atoms with van der Waals surface area (Å²) in [7, 11) is 0. The lowest BCUT2D eigenvalue weighted by Gasteiger charge is -2.08. The Hall–Kier alpha value is -1.43. The van der Waals surface area contributed by atoms with E-state index in [0.29, 0.717) is 52.7 Å². The van der Waals surface area contributed by atoms with E-state index in [9.17, 15) is 4.79 Å². The summed E-state index contributed by atoms with van der Waals surface area (Å²) in [6.07, 6.45) is 7.54. The molecule has 0 unspecified atom stereocenters. The topological polar surface area (TPSA) is 54.0 Å². The standard InChI is InChI=1S/C22H36O5/c1-2-3-4-5-6-10-13-22(23)27-19-18-25-15-14-24-16-17-26-20-21-11-8-7-9-12-21/h7-9,11-12H,2-6,10,13-20H2,1H3. The molecule has 1 rings (SSSR count). The van der Waals surface area contributed by atoms with Gasteiger partial charge in [0, 0.05) is 6.42 Å². The Kier molecular flexibility index (Phi) is 15.7. The van der Waals surface area contributed by atoms with Gasteiger partial charge in [0.2, 0.25) is 0 Å². The highest BCUT2D eigenvalue weighted by atomic mass is 16.6. The molecule has 0 aliphatic heterocycles. The van der Waals surface area contributed by atoms with Gasteiger partial charge in [-0.25, -0.2) is 0 Å². The zero-order chi connectivity index (χ0) is 19.4. The Balaban J connectivity index is 1.76. The largest absolute Gasteiger partial charge is 0.463 e.